The molecule has 122 valence electrons. The monoisotopic (exact) mass is 312 g/mol. The molecule has 0 bridgehead atoms. The quantitative estimate of drug-likeness (QED) is 0.379. The SMILES string of the molecule is C=[O+]C(=O)[C@H](CC=CC[C@H](CC(C)=O)C(=O)OC)NC(C)=O. The summed E-state index contributed by atoms with van der Waals surface area (Å²) in [5.74, 6) is -2.16. The van der Waals surface area contributed by atoms with Crippen LogP contribution in [0.5, 0.6) is 0 Å². The van der Waals surface area contributed by atoms with E-state index < -0.39 is 23.9 Å². The van der Waals surface area contributed by atoms with E-state index in [0.29, 0.717) is 6.42 Å². The first kappa shape index (κ1) is 19.7. The molecule has 0 saturated heterocycles. The topological polar surface area (TPSA) is 101 Å². The minimum absolute atomic E-state index is 0.0903. The van der Waals surface area contributed by atoms with Gasteiger partial charge in [0.2, 0.25) is 5.91 Å². The predicted octanol–water partition coefficient (Wildman–Crippen LogP) is 0.487. The van der Waals surface area contributed by atoms with E-state index in [-0.39, 0.29) is 24.5 Å². The highest BCUT2D eigenvalue weighted by Gasteiger charge is 2.28. The molecule has 0 heterocycles. The van der Waals surface area contributed by atoms with Crippen LogP contribution in [0.4, 0.5) is 0 Å². The Morgan fingerprint density at radius 1 is 1.18 bits per heavy atom. The van der Waals surface area contributed by atoms with E-state index in [1.54, 1.807) is 12.2 Å². The van der Waals surface area contributed by atoms with E-state index in [9.17, 15) is 19.2 Å². The summed E-state index contributed by atoms with van der Waals surface area (Å²) in [7, 11) is 1.26. The zero-order valence-electron chi connectivity index (χ0n) is 13.1. The Hall–Kier alpha value is -2.31. The van der Waals surface area contributed by atoms with Crippen molar-refractivity contribution in [2.24, 2.45) is 5.92 Å². The average molecular weight is 312 g/mol. The number of carbonyl (C=O) groups is 4. The molecule has 0 unspecified atom stereocenters. The van der Waals surface area contributed by atoms with Gasteiger partial charge in [-0.1, -0.05) is 12.2 Å². The number of carbonyl (C=O) groups excluding carboxylic acids is 5. The third kappa shape index (κ3) is 8.08. The van der Waals surface area contributed by atoms with Crippen molar-refractivity contribution < 1.29 is 28.3 Å². The first-order valence-electron chi connectivity index (χ1n) is 6.77. The number of allylic oxidation sites excluding steroid dienone is 1. The fourth-order valence-electron chi connectivity index (χ4n) is 1.83. The van der Waals surface area contributed by atoms with Gasteiger partial charge < -0.3 is 14.8 Å². The number of rotatable bonds is 9. The Labute approximate surface area is 129 Å². The number of nitrogens with one attached hydrogen (secondary N) is 1. The van der Waals surface area contributed by atoms with Crippen LogP contribution in [0.2, 0.25) is 0 Å². The first-order chi connectivity index (χ1) is 10.3. The summed E-state index contributed by atoms with van der Waals surface area (Å²) in [6.07, 6.45) is 3.89. The molecule has 2 atom stereocenters. The maximum atomic E-state index is 11.5. The molecule has 0 aromatic carbocycles. The molecule has 0 aromatic rings. The highest BCUT2D eigenvalue weighted by molar-refractivity contribution is 5.83. The Bertz CT molecular complexity index is 469. The molecule has 0 fully saturated rings. The molecule has 0 aliphatic carbocycles. The lowest BCUT2D eigenvalue weighted by atomic mass is 9.98. The second-order valence-corrected chi connectivity index (χ2v) is 4.79. The summed E-state index contributed by atoms with van der Waals surface area (Å²) in [5.41, 5.74) is 0. The molecule has 0 aliphatic heterocycles. The van der Waals surface area contributed by atoms with Gasteiger partial charge in [-0.25, -0.2) is 0 Å². The number of hydrogen-bond acceptors (Lipinski definition) is 5. The predicted molar refractivity (Wildman–Crippen MR) is 78.9 cm³/mol. The van der Waals surface area contributed by atoms with Crippen LogP contribution in [-0.4, -0.2) is 43.6 Å². The Kier molecular flexibility index (Phi) is 9.33. The van der Waals surface area contributed by atoms with E-state index >= 15 is 0 Å². The number of ether oxygens (including phenoxy) is 1. The lowest BCUT2D eigenvalue weighted by Crippen LogP contribution is -2.39. The van der Waals surface area contributed by atoms with Gasteiger partial charge in [-0.2, -0.15) is 0 Å². The summed E-state index contributed by atoms with van der Waals surface area (Å²) < 4.78 is 8.98. The Morgan fingerprint density at radius 2 is 1.77 bits per heavy atom. The Morgan fingerprint density at radius 3 is 2.23 bits per heavy atom. The first-order valence-corrected chi connectivity index (χ1v) is 6.77. The second kappa shape index (κ2) is 10.4. The molecular formula is C15H22NO6+. The number of methoxy groups -OCH3 is 1. The number of Topliss-reactive ketones (excluding diaryl/α,β-unsaturated/α-hetero) is 1. The smallest absolute Gasteiger partial charge is 0.469 e. The van der Waals surface area contributed by atoms with E-state index in [0.717, 1.165) is 0 Å². The molecule has 0 aliphatic rings. The van der Waals surface area contributed by atoms with Gasteiger partial charge in [-0.3, -0.25) is 14.0 Å². The van der Waals surface area contributed by atoms with Gasteiger partial charge >= 0.3 is 11.9 Å². The number of amides is 1. The van der Waals surface area contributed by atoms with Crippen molar-refractivity contribution in [3.05, 3.63) is 12.2 Å². The average Bonchev–Trinajstić information content (AvgIpc) is 2.46. The fraction of sp³-hybridized carbons (Fsp3) is 0.533. The molecule has 1 amide bonds. The van der Waals surface area contributed by atoms with Crippen LogP contribution < -0.4 is 5.32 Å². The third-order valence-electron chi connectivity index (χ3n) is 2.83. The molecule has 1 N–H and O–H groups in total. The molecule has 0 rings (SSSR count). The van der Waals surface area contributed by atoms with Crippen molar-refractivity contribution in [3.63, 3.8) is 0 Å². The Balaban J connectivity index is 4.62. The van der Waals surface area contributed by atoms with Gasteiger partial charge in [0.25, 0.3) is 0 Å². The van der Waals surface area contributed by atoms with Gasteiger partial charge in [-0.15, -0.1) is 0 Å². The summed E-state index contributed by atoms with van der Waals surface area (Å²) in [5, 5.41) is 2.43. The molecule has 0 aromatic heterocycles. The van der Waals surface area contributed by atoms with Crippen molar-refractivity contribution in [1.82, 2.24) is 5.32 Å². The van der Waals surface area contributed by atoms with Crippen LogP contribution in [0.3, 0.4) is 0 Å². The fourth-order valence-corrected chi connectivity index (χ4v) is 1.83. The van der Waals surface area contributed by atoms with Crippen LogP contribution in [0.25, 0.3) is 0 Å². The number of esters is 1. The van der Waals surface area contributed by atoms with Gasteiger partial charge in [0, 0.05) is 19.8 Å². The summed E-state index contributed by atoms with van der Waals surface area (Å²) in [6, 6.07) is -0.837. The van der Waals surface area contributed by atoms with Crippen LogP contribution >= 0.6 is 0 Å². The van der Waals surface area contributed by atoms with Crippen molar-refractivity contribution in [1.29, 1.82) is 0 Å². The molecule has 7 heteroatoms. The van der Waals surface area contributed by atoms with Crippen LogP contribution in [0, 0.1) is 5.92 Å². The normalized spacial score (nSPS) is 13.2. The zero-order valence-corrected chi connectivity index (χ0v) is 13.1. The van der Waals surface area contributed by atoms with E-state index in [1.165, 1.54) is 21.0 Å². The van der Waals surface area contributed by atoms with E-state index in [4.69, 9.17) is 0 Å². The largest absolute Gasteiger partial charge is 0.602 e. The molecule has 7 nitrogen and oxygen atoms in total. The minimum atomic E-state index is -0.837. The van der Waals surface area contributed by atoms with E-state index in [1.807, 2.05) is 0 Å². The maximum absolute atomic E-state index is 11.5. The highest BCUT2D eigenvalue weighted by Crippen LogP contribution is 2.12. The summed E-state index contributed by atoms with van der Waals surface area (Å²) in [6.45, 7) is 5.70. The minimum Gasteiger partial charge on any atom is -0.469 e. The maximum Gasteiger partial charge on any atom is 0.602 e. The number of ketones is 1. The van der Waals surface area contributed by atoms with Crippen LogP contribution in [0.1, 0.15) is 33.1 Å². The van der Waals surface area contributed by atoms with Crippen molar-refractivity contribution in [3.8, 4) is 0 Å². The van der Waals surface area contributed by atoms with E-state index in [2.05, 4.69) is 21.3 Å². The third-order valence-corrected chi connectivity index (χ3v) is 2.83. The van der Waals surface area contributed by atoms with Gasteiger partial charge in [-0.05, 0) is 13.3 Å². The summed E-state index contributed by atoms with van der Waals surface area (Å²) in [4.78, 5) is 45.1. The lowest BCUT2D eigenvalue weighted by molar-refractivity contribution is -0.371. The molecule has 0 radical (unpaired) electrons. The zero-order chi connectivity index (χ0) is 17.1. The van der Waals surface area contributed by atoms with Crippen LogP contribution in [0.15, 0.2) is 12.2 Å². The molecule has 22 heavy (non-hydrogen) atoms. The molecular weight excluding hydrogens is 290 g/mol. The number of hydrogen-bond donors (Lipinski definition) is 1. The van der Waals surface area contributed by atoms with Crippen molar-refractivity contribution in [2.75, 3.05) is 7.11 Å². The molecule has 0 spiro atoms. The van der Waals surface area contributed by atoms with Gasteiger partial charge in [0.05, 0.1) is 17.8 Å². The van der Waals surface area contributed by atoms with Crippen molar-refractivity contribution in [2.45, 2.75) is 39.2 Å². The van der Waals surface area contributed by atoms with Crippen LogP contribution in [-0.2, 0) is 28.3 Å². The van der Waals surface area contributed by atoms with Gasteiger partial charge in [0.1, 0.15) is 5.78 Å². The second-order valence-electron chi connectivity index (χ2n) is 4.79. The van der Waals surface area contributed by atoms with Crippen molar-refractivity contribution >= 4 is 30.4 Å². The standard InChI is InChI=1S/C15H21NO6/c1-10(17)9-12(14(19)21-3)7-5-6-8-13(15(20)22-4)16-11(2)18/h5-6,12-13H,4,7-9H2,1-3H3/p+1/t12-,13+/m1/s1. The summed E-state index contributed by atoms with van der Waals surface area (Å²) >= 11 is 0. The lowest BCUT2D eigenvalue weighted by Gasteiger charge is -2.10. The highest BCUT2D eigenvalue weighted by atomic mass is 16.5. The molecule has 0 saturated carbocycles. The van der Waals surface area contributed by atoms with Gasteiger partial charge in [0.15, 0.2) is 12.8 Å².